The third-order valence-electron chi connectivity index (χ3n) is 5.16. The largest absolute Gasteiger partial charge is 0.372 e. The molecule has 3 heterocycles. The van der Waals surface area contributed by atoms with Crippen molar-refractivity contribution in [2.24, 2.45) is 5.92 Å². The van der Waals surface area contributed by atoms with Gasteiger partial charge in [0, 0.05) is 50.8 Å². The molecule has 2 aliphatic rings. The lowest BCUT2D eigenvalue weighted by Gasteiger charge is -2.32. The van der Waals surface area contributed by atoms with Crippen LogP contribution in [0.25, 0.3) is 0 Å². The van der Waals surface area contributed by atoms with Crippen LogP contribution in [-0.2, 0) is 6.42 Å². The van der Waals surface area contributed by atoms with Gasteiger partial charge in [-0.05, 0) is 38.0 Å². The number of anilines is 1. The summed E-state index contributed by atoms with van der Waals surface area (Å²) in [6, 6.07) is 0. The highest BCUT2D eigenvalue weighted by Crippen LogP contribution is 2.37. The van der Waals surface area contributed by atoms with E-state index in [-0.39, 0.29) is 5.91 Å². The van der Waals surface area contributed by atoms with Gasteiger partial charge in [0.25, 0.3) is 5.91 Å². The summed E-state index contributed by atoms with van der Waals surface area (Å²) in [6.07, 6.45) is 12.1. The SMILES string of the molecule is CNc1nccnc1C[C@H]1CCCN(C(=O)c2cnc(C3CC3)nc2)C1. The van der Waals surface area contributed by atoms with E-state index in [4.69, 9.17) is 0 Å². The van der Waals surface area contributed by atoms with E-state index in [9.17, 15) is 4.79 Å². The molecule has 1 saturated carbocycles. The van der Waals surface area contributed by atoms with Crippen LogP contribution < -0.4 is 5.32 Å². The number of hydrogen-bond donors (Lipinski definition) is 1. The molecule has 1 saturated heterocycles. The van der Waals surface area contributed by atoms with Gasteiger partial charge in [0.1, 0.15) is 11.6 Å². The summed E-state index contributed by atoms with van der Waals surface area (Å²) in [5.41, 5.74) is 1.55. The number of nitrogens with zero attached hydrogens (tertiary/aromatic N) is 5. The Balaban J connectivity index is 1.41. The van der Waals surface area contributed by atoms with Gasteiger partial charge in [0.2, 0.25) is 0 Å². The van der Waals surface area contributed by atoms with Crippen molar-refractivity contribution >= 4 is 11.7 Å². The van der Waals surface area contributed by atoms with Gasteiger partial charge in [-0.2, -0.15) is 0 Å². The van der Waals surface area contributed by atoms with E-state index in [0.717, 1.165) is 62.5 Å². The predicted octanol–water partition coefficient (Wildman–Crippen LogP) is 2.28. The van der Waals surface area contributed by atoms with E-state index in [1.165, 1.54) is 0 Å². The number of hydrogen-bond acceptors (Lipinski definition) is 6. The lowest BCUT2D eigenvalue weighted by atomic mass is 9.93. The zero-order chi connectivity index (χ0) is 17.9. The summed E-state index contributed by atoms with van der Waals surface area (Å²) >= 11 is 0. The van der Waals surface area contributed by atoms with Gasteiger partial charge >= 0.3 is 0 Å². The summed E-state index contributed by atoms with van der Waals surface area (Å²) in [7, 11) is 1.86. The van der Waals surface area contributed by atoms with Crippen molar-refractivity contribution in [2.45, 2.75) is 38.0 Å². The number of amides is 1. The van der Waals surface area contributed by atoms with E-state index in [1.807, 2.05) is 11.9 Å². The second kappa shape index (κ2) is 7.35. The molecule has 1 atom stereocenters. The maximum atomic E-state index is 12.8. The molecule has 2 aromatic heterocycles. The van der Waals surface area contributed by atoms with Gasteiger partial charge in [0.15, 0.2) is 0 Å². The molecular weight excluding hydrogens is 328 g/mol. The van der Waals surface area contributed by atoms with E-state index < -0.39 is 0 Å². The van der Waals surface area contributed by atoms with Crippen LogP contribution in [0.2, 0.25) is 0 Å². The molecule has 26 heavy (non-hydrogen) atoms. The number of piperidine rings is 1. The van der Waals surface area contributed by atoms with Crippen LogP contribution in [0.3, 0.4) is 0 Å². The highest BCUT2D eigenvalue weighted by molar-refractivity contribution is 5.93. The van der Waals surface area contributed by atoms with Crippen molar-refractivity contribution in [3.63, 3.8) is 0 Å². The Labute approximate surface area is 153 Å². The zero-order valence-corrected chi connectivity index (χ0v) is 15.1. The second-order valence-corrected chi connectivity index (χ2v) is 7.17. The molecule has 0 spiro atoms. The van der Waals surface area contributed by atoms with E-state index in [1.54, 1.807) is 24.8 Å². The molecule has 1 amide bonds. The monoisotopic (exact) mass is 352 g/mol. The van der Waals surface area contributed by atoms with Crippen LogP contribution in [0.1, 0.15) is 53.5 Å². The lowest BCUT2D eigenvalue weighted by Crippen LogP contribution is -2.40. The maximum Gasteiger partial charge on any atom is 0.256 e. The Morgan fingerprint density at radius 1 is 1.15 bits per heavy atom. The maximum absolute atomic E-state index is 12.8. The Morgan fingerprint density at radius 2 is 1.92 bits per heavy atom. The molecule has 1 aliphatic heterocycles. The Kier molecular flexibility index (Phi) is 4.77. The molecule has 4 rings (SSSR count). The van der Waals surface area contributed by atoms with Crippen molar-refractivity contribution in [1.29, 1.82) is 0 Å². The van der Waals surface area contributed by atoms with E-state index >= 15 is 0 Å². The minimum Gasteiger partial charge on any atom is -0.372 e. The van der Waals surface area contributed by atoms with Crippen molar-refractivity contribution in [1.82, 2.24) is 24.8 Å². The number of carbonyl (C=O) groups excluding carboxylic acids is 1. The standard InChI is InChI=1S/C19H24N6O/c1-20-18-16(21-6-7-22-18)9-13-3-2-8-25(12-13)19(26)15-10-23-17(24-11-15)14-4-5-14/h6-7,10-11,13-14H,2-5,8-9,12H2,1H3,(H,20,22)/t13-/m1/s1. The first-order valence-electron chi connectivity index (χ1n) is 9.33. The minimum absolute atomic E-state index is 0.0324. The molecule has 1 N–H and O–H groups in total. The fraction of sp³-hybridized carbons (Fsp3) is 0.526. The van der Waals surface area contributed by atoms with Gasteiger partial charge < -0.3 is 10.2 Å². The summed E-state index contributed by atoms with van der Waals surface area (Å²) in [6.45, 7) is 1.53. The summed E-state index contributed by atoms with van der Waals surface area (Å²) < 4.78 is 0. The van der Waals surface area contributed by atoms with Crippen molar-refractivity contribution in [3.05, 3.63) is 41.9 Å². The van der Waals surface area contributed by atoms with Gasteiger partial charge in [-0.3, -0.25) is 9.78 Å². The molecule has 1 aliphatic carbocycles. The third-order valence-corrected chi connectivity index (χ3v) is 5.16. The Morgan fingerprint density at radius 3 is 2.65 bits per heavy atom. The van der Waals surface area contributed by atoms with E-state index in [2.05, 4.69) is 25.3 Å². The van der Waals surface area contributed by atoms with Crippen LogP contribution >= 0.6 is 0 Å². The number of likely N-dealkylation sites (tertiary alicyclic amines) is 1. The van der Waals surface area contributed by atoms with Gasteiger partial charge in [0.05, 0.1) is 11.3 Å². The van der Waals surface area contributed by atoms with Crippen LogP contribution in [0.15, 0.2) is 24.8 Å². The molecular formula is C19H24N6O. The highest BCUT2D eigenvalue weighted by atomic mass is 16.2. The summed E-state index contributed by atoms with van der Waals surface area (Å²) in [5.74, 6) is 2.63. The Bertz CT molecular complexity index is 774. The molecule has 0 radical (unpaired) electrons. The van der Waals surface area contributed by atoms with Crippen LogP contribution in [0, 0.1) is 5.92 Å². The highest BCUT2D eigenvalue weighted by Gasteiger charge is 2.28. The van der Waals surface area contributed by atoms with Crippen molar-refractivity contribution in [2.75, 3.05) is 25.5 Å². The molecule has 0 bridgehead atoms. The first-order chi connectivity index (χ1) is 12.7. The normalized spacial score (nSPS) is 20.0. The van der Waals surface area contributed by atoms with Crippen LogP contribution in [-0.4, -0.2) is 50.9 Å². The first kappa shape index (κ1) is 16.9. The van der Waals surface area contributed by atoms with E-state index in [0.29, 0.717) is 17.4 Å². The molecule has 2 aromatic rings. The van der Waals surface area contributed by atoms with Gasteiger partial charge in [-0.25, -0.2) is 15.0 Å². The average Bonchev–Trinajstić information content (AvgIpc) is 3.53. The lowest BCUT2D eigenvalue weighted by molar-refractivity contribution is 0.0672. The van der Waals surface area contributed by atoms with Gasteiger partial charge in [-0.15, -0.1) is 0 Å². The van der Waals surface area contributed by atoms with Crippen molar-refractivity contribution in [3.8, 4) is 0 Å². The third kappa shape index (κ3) is 3.66. The fourth-order valence-electron chi connectivity index (χ4n) is 3.60. The minimum atomic E-state index is 0.0324. The van der Waals surface area contributed by atoms with Crippen LogP contribution in [0.5, 0.6) is 0 Å². The molecule has 2 fully saturated rings. The average molecular weight is 352 g/mol. The van der Waals surface area contributed by atoms with Crippen LogP contribution in [0.4, 0.5) is 5.82 Å². The number of nitrogens with one attached hydrogen (secondary N) is 1. The zero-order valence-electron chi connectivity index (χ0n) is 15.1. The van der Waals surface area contributed by atoms with Crippen molar-refractivity contribution < 1.29 is 4.79 Å². The summed E-state index contributed by atoms with van der Waals surface area (Å²) in [4.78, 5) is 32.3. The number of aromatic nitrogens is 4. The second-order valence-electron chi connectivity index (χ2n) is 7.17. The molecule has 0 unspecified atom stereocenters. The fourth-order valence-corrected chi connectivity index (χ4v) is 3.60. The quantitative estimate of drug-likeness (QED) is 0.889. The van der Waals surface area contributed by atoms with Gasteiger partial charge in [-0.1, -0.05) is 0 Å². The summed E-state index contributed by atoms with van der Waals surface area (Å²) in [5, 5.41) is 3.09. The molecule has 7 nitrogen and oxygen atoms in total. The number of rotatable bonds is 5. The Hall–Kier alpha value is -2.57. The topological polar surface area (TPSA) is 83.9 Å². The smallest absolute Gasteiger partial charge is 0.256 e. The molecule has 0 aromatic carbocycles. The first-order valence-corrected chi connectivity index (χ1v) is 9.33. The molecule has 7 heteroatoms. The number of carbonyl (C=O) groups is 1. The predicted molar refractivity (Wildman–Crippen MR) is 97.9 cm³/mol. The molecule has 136 valence electrons.